The fourth-order valence-corrected chi connectivity index (χ4v) is 4.94. The number of fused-ring (bicyclic) bond motifs is 1. The van der Waals surface area contributed by atoms with Crippen LogP contribution in [0.5, 0.6) is 0 Å². The molecule has 0 spiro atoms. The van der Waals surface area contributed by atoms with Crippen LogP contribution in [0.2, 0.25) is 0 Å². The second-order valence-corrected chi connectivity index (χ2v) is 8.44. The van der Waals surface area contributed by atoms with E-state index in [0.29, 0.717) is 0 Å². The van der Waals surface area contributed by atoms with Crippen LogP contribution in [0.1, 0.15) is 47.6 Å². The smallest absolute Gasteiger partial charge is 0.231 e. The highest BCUT2D eigenvalue weighted by Gasteiger charge is 2.51. The van der Waals surface area contributed by atoms with Gasteiger partial charge in [-0.25, -0.2) is 4.39 Å². The van der Waals surface area contributed by atoms with Crippen LogP contribution in [0.4, 0.5) is 4.39 Å². The molecule has 1 N–H and O–H groups in total. The largest absolute Gasteiger partial charge is 0.348 e. The monoisotopic (exact) mass is 355 g/mol. The van der Waals surface area contributed by atoms with Crippen molar-refractivity contribution in [3.05, 3.63) is 64.5 Å². The Labute approximate surface area is 152 Å². The number of aryl methyl sites for hydroxylation is 2. The van der Waals surface area contributed by atoms with Crippen molar-refractivity contribution in [1.82, 2.24) is 5.32 Å². The number of hydrogen-bond donors (Lipinski definition) is 1. The zero-order valence-corrected chi connectivity index (χ0v) is 15.4. The molecule has 0 saturated heterocycles. The number of nitrogens with one attached hydrogen (secondary N) is 1. The van der Waals surface area contributed by atoms with Gasteiger partial charge in [0.1, 0.15) is 5.82 Å². The Balaban J connectivity index is 1.60. The zero-order valence-electron chi connectivity index (χ0n) is 14.6. The predicted octanol–water partition coefficient (Wildman–Crippen LogP) is 4.83. The van der Waals surface area contributed by atoms with Crippen molar-refractivity contribution in [2.45, 2.75) is 49.5 Å². The summed E-state index contributed by atoms with van der Waals surface area (Å²) in [5, 5.41) is 3.22. The minimum Gasteiger partial charge on any atom is -0.348 e. The SMILES string of the molecule is Cc1cc(C)cc(C2(C(=O)NC3CCSc4ccc(F)cc43)CC2)c1. The molecule has 2 nitrogen and oxygen atoms in total. The highest BCUT2D eigenvalue weighted by molar-refractivity contribution is 7.99. The molecule has 1 aliphatic heterocycles. The highest BCUT2D eigenvalue weighted by Crippen LogP contribution is 2.49. The third kappa shape index (κ3) is 3.08. The maximum Gasteiger partial charge on any atom is 0.231 e. The maximum atomic E-state index is 13.7. The Morgan fingerprint density at radius 3 is 2.56 bits per heavy atom. The van der Waals surface area contributed by atoms with Gasteiger partial charge in [0, 0.05) is 10.6 Å². The Bertz CT molecular complexity index is 824. The van der Waals surface area contributed by atoms with Crippen LogP contribution >= 0.6 is 11.8 Å². The zero-order chi connectivity index (χ0) is 17.6. The lowest BCUT2D eigenvalue weighted by Crippen LogP contribution is -2.38. The normalized spacial score (nSPS) is 20.7. The molecule has 0 radical (unpaired) electrons. The van der Waals surface area contributed by atoms with Gasteiger partial charge in [-0.1, -0.05) is 29.3 Å². The van der Waals surface area contributed by atoms with Gasteiger partial charge in [-0.2, -0.15) is 0 Å². The van der Waals surface area contributed by atoms with Crippen LogP contribution in [0, 0.1) is 19.7 Å². The van der Waals surface area contributed by atoms with E-state index in [1.54, 1.807) is 17.8 Å². The van der Waals surface area contributed by atoms with Crippen molar-refractivity contribution >= 4 is 17.7 Å². The van der Waals surface area contributed by atoms with E-state index in [4.69, 9.17) is 0 Å². The second kappa shape index (κ2) is 6.17. The van der Waals surface area contributed by atoms with Gasteiger partial charge >= 0.3 is 0 Å². The number of benzene rings is 2. The summed E-state index contributed by atoms with van der Waals surface area (Å²) < 4.78 is 13.7. The van der Waals surface area contributed by atoms with Crippen LogP contribution in [-0.2, 0) is 10.2 Å². The molecule has 4 rings (SSSR count). The first-order valence-corrected chi connectivity index (χ1v) is 9.78. The molecule has 1 heterocycles. The van der Waals surface area contributed by atoms with E-state index in [1.807, 2.05) is 6.07 Å². The lowest BCUT2D eigenvalue weighted by Gasteiger charge is -2.28. The van der Waals surface area contributed by atoms with Crippen LogP contribution < -0.4 is 5.32 Å². The third-order valence-electron chi connectivity index (χ3n) is 5.28. The van der Waals surface area contributed by atoms with Gasteiger partial charge in [0.25, 0.3) is 0 Å². The molecule has 1 atom stereocenters. The fourth-order valence-electron chi connectivity index (χ4n) is 3.83. The molecular formula is C21H22FNOS. The minimum atomic E-state index is -0.394. The molecule has 1 amide bonds. The average molecular weight is 355 g/mol. The third-order valence-corrected chi connectivity index (χ3v) is 6.40. The number of carbonyl (C=O) groups is 1. The molecule has 1 saturated carbocycles. The van der Waals surface area contributed by atoms with Crippen LogP contribution in [-0.4, -0.2) is 11.7 Å². The van der Waals surface area contributed by atoms with Gasteiger partial charge in [0.15, 0.2) is 0 Å². The summed E-state index contributed by atoms with van der Waals surface area (Å²) in [7, 11) is 0. The lowest BCUT2D eigenvalue weighted by atomic mass is 9.91. The van der Waals surface area contributed by atoms with E-state index in [-0.39, 0.29) is 17.8 Å². The Morgan fingerprint density at radius 2 is 1.88 bits per heavy atom. The summed E-state index contributed by atoms with van der Waals surface area (Å²) in [6.07, 6.45) is 2.62. The quantitative estimate of drug-likeness (QED) is 0.855. The van der Waals surface area contributed by atoms with Crippen LogP contribution in [0.25, 0.3) is 0 Å². The van der Waals surface area contributed by atoms with E-state index in [9.17, 15) is 9.18 Å². The molecular weight excluding hydrogens is 333 g/mol. The molecule has 25 heavy (non-hydrogen) atoms. The topological polar surface area (TPSA) is 29.1 Å². The minimum absolute atomic E-state index is 0.0876. The lowest BCUT2D eigenvalue weighted by molar-refractivity contribution is -0.124. The maximum absolute atomic E-state index is 13.7. The standard InChI is InChI=1S/C21H22FNOS/c1-13-9-14(2)11-15(10-13)21(6-7-21)20(24)23-18-5-8-25-19-4-3-16(22)12-17(18)19/h3-4,9-12,18H,5-8H2,1-2H3,(H,23,24). The van der Waals surface area contributed by atoms with Gasteiger partial charge in [-0.15, -0.1) is 11.8 Å². The average Bonchev–Trinajstić information content (AvgIpc) is 3.36. The van der Waals surface area contributed by atoms with Gasteiger partial charge in [0.05, 0.1) is 11.5 Å². The number of halogens is 1. The summed E-state index contributed by atoms with van der Waals surface area (Å²) in [5.74, 6) is 0.792. The summed E-state index contributed by atoms with van der Waals surface area (Å²) in [6, 6.07) is 11.2. The number of amides is 1. The second-order valence-electron chi connectivity index (χ2n) is 7.30. The Hall–Kier alpha value is -1.81. The summed E-state index contributed by atoms with van der Waals surface area (Å²) in [5.41, 5.74) is 4.02. The summed E-state index contributed by atoms with van der Waals surface area (Å²) in [4.78, 5) is 14.2. The number of rotatable bonds is 3. The van der Waals surface area contributed by atoms with Gasteiger partial charge in [-0.3, -0.25) is 4.79 Å². The van der Waals surface area contributed by atoms with Crippen LogP contribution in [0.15, 0.2) is 41.3 Å². The molecule has 130 valence electrons. The van der Waals surface area contributed by atoms with Crippen molar-refractivity contribution in [3.8, 4) is 0 Å². The van der Waals surface area contributed by atoms with E-state index in [0.717, 1.165) is 41.0 Å². The molecule has 2 aromatic rings. The number of hydrogen-bond acceptors (Lipinski definition) is 2. The van der Waals surface area contributed by atoms with Gasteiger partial charge < -0.3 is 5.32 Å². The van der Waals surface area contributed by atoms with E-state index < -0.39 is 5.41 Å². The van der Waals surface area contributed by atoms with E-state index in [1.165, 1.54) is 17.2 Å². The molecule has 2 aliphatic rings. The van der Waals surface area contributed by atoms with Gasteiger partial charge in [-0.05, 0) is 62.4 Å². The molecule has 0 bridgehead atoms. The van der Waals surface area contributed by atoms with Crippen molar-refractivity contribution in [2.24, 2.45) is 0 Å². The summed E-state index contributed by atoms with van der Waals surface area (Å²) >= 11 is 1.73. The molecule has 2 aromatic carbocycles. The highest BCUT2D eigenvalue weighted by atomic mass is 32.2. The van der Waals surface area contributed by atoms with Crippen molar-refractivity contribution in [3.63, 3.8) is 0 Å². The van der Waals surface area contributed by atoms with E-state index >= 15 is 0 Å². The molecule has 1 aliphatic carbocycles. The summed E-state index contributed by atoms with van der Waals surface area (Å²) in [6.45, 7) is 4.14. The first kappa shape index (κ1) is 16.6. The van der Waals surface area contributed by atoms with Gasteiger partial charge in [0.2, 0.25) is 5.91 Å². The van der Waals surface area contributed by atoms with E-state index in [2.05, 4.69) is 37.4 Å². The van der Waals surface area contributed by atoms with Crippen molar-refractivity contribution < 1.29 is 9.18 Å². The predicted molar refractivity (Wildman–Crippen MR) is 99.5 cm³/mol. The molecule has 4 heteroatoms. The van der Waals surface area contributed by atoms with Crippen molar-refractivity contribution in [2.75, 3.05) is 5.75 Å². The Morgan fingerprint density at radius 1 is 1.16 bits per heavy atom. The Kier molecular flexibility index (Phi) is 4.11. The first-order chi connectivity index (χ1) is 12.0. The van der Waals surface area contributed by atoms with Crippen LogP contribution in [0.3, 0.4) is 0 Å². The number of carbonyl (C=O) groups excluding carboxylic acids is 1. The molecule has 1 unspecified atom stereocenters. The molecule has 0 aromatic heterocycles. The van der Waals surface area contributed by atoms with Crippen molar-refractivity contribution in [1.29, 1.82) is 0 Å². The molecule has 1 fully saturated rings. The first-order valence-electron chi connectivity index (χ1n) is 8.80. The number of thioether (sulfide) groups is 1. The fraction of sp³-hybridized carbons (Fsp3) is 0.381.